The van der Waals surface area contributed by atoms with Gasteiger partial charge in [0.2, 0.25) is 0 Å². The fourth-order valence-corrected chi connectivity index (χ4v) is 4.09. The maximum absolute atomic E-state index is 13.5. The van der Waals surface area contributed by atoms with Crippen molar-refractivity contribution in [2.24, 2.45) is 0 Å². The van der Waals surface area contributed by atoms with E-state index in [9.17, 15) is 15.0 Å². The molecule has 4 heteroatoms. The van der Waals surface area contributed by atoms with E-state index >= 15 is 0 Å². The number of Topliss-reactive ketones (excluding diaryl/α,β-unsaturated/α-hetero) is 1. The highest BCUT2D eigenvalue weighted by molar-refractivity contribution is 6.15. The van der Waals surface area contributed by atoms with Crippen molar-refractivity contribution < 1.29 is 20.1 Å². The summed E-state index contributed by atoms with van der Waals surface area (Å²) in [6.45, 7) is 7.83. The van der Waals surface area contributed by atoms with Crippen LogP contribution in [0.3, 0.4) is 0 Å². The van der Waals surface area contributed by atoms with Gasteiger partial charge in [0.1, 0.15) is 6.10 Å². The molecule has 0 aromatic heterocycles. The lowest BCUT2D eigenvalue weighted by Gasteiger charge is -2.36. The topological polar surface area (TPSA) is 77.8 Å². The van der Waals surface area contributed by atoms with Gasteiger partial charge in [-0.25, -0.2) is 0 Å². The second kappa shape index (κ2) is 8.71. The molecule has 4 nitrogen and oxygen atoms in total. The lowest BCUT2D eigenvalue weighted by molar-refractivity contribution is -0.0172. The summed E-state index contributed by atoms with van der Waals surface area (Å²) in [6, 6.07) is 5.82. The Morgan fingerprint density at radius 1 is 1.13 bits per heavy atom. The van der Waals surface area contributed by atoms with Crippen LogP contribution in [0.2, 0.25) is 0 Å². The zero-order valence-electron chi connectivity index (χ0n) is 18.1. The highest BCUT2D eigenvalue weighted by atomic mass is 16.4. The van der Waals surface area contributed by atoms with Crippen LogP contribution in [-0.2, 0) is 11.8 Å². The molecule has 0 saturated carbocycles. The zero-order chi connectivity index (χ0) is 22.1. The molecular formula is C26H30O4. The van der Waals surface area contributed by atoms with E-state index in [4.69, 9.17) is 5.11 Å². The van der Waals surface area contributed by atoms with Gasteiger partial charge in [-0.05, 0) is 61.1 Å². The van der Waals surface area contributed by atoms with E-state index in [1.807, 2.05) is 56.4 Å². The summed E-state index contributed by atoms with van der Waals surface area (Å²) >= 11 is 0. The lowest BCUT2D eigenvalue weighted by Crippen LogP contribution is -2.31. The van der Waals surface area contributed by atoms with E-state index < -0.39 is 18.8 Å². The summed E-state index contributed by atoms with van der Waals surface area (Å²) < 4.78 is 0. The first-order chi connectivity index (χ1) is 14.2. The highest BCUT2D eigenvalue weighted by Gasteiger charge is 2.38. The molecular weight excluding hydrogens is 376 g/mol. The molecule has 1 aromatic rings. The largest absolute Gasteiger partial charge is 0.394 e. The first-order valence-corrected chi connectivity index (χ1v) is 10.3. The zero-order valence-corrected chi connectivity index (χ0v) is 18.1. The minimum absolute atomic E-state index is 0.0202. The molecule has 2 atom stereocenters. The summed E-state index contributed by atoms with van der Waals surface area (Å²) in [5.41, 5.74) is 9.17. The van der Waals surface area contributed by atoms with Gasteiger partial charge in [0, 0.05) is 16.6 Å². The van der Waals surface area contributed by atoms with Crippen molar-refractivity contribution in [3.63, 3.8) is 0 Å². The van der Waals surface area contributed by atoms with Gasteiger partial charge in [0.15, 0.2) is 5.78 Å². The third-order valence-electron chi connectivity index (χ3n) is 6.36. The third kappa shape index (κ3) is 4.05. The molecule has 158 valence electrons. The number of aliphatic hydroxyl groups is 3. The van der Waals surface area contributed by atoms with Crippen LogP contribution in [0, 0.1) is 0 Å². The number of carbonyl (C=O) groups excluding carboxylic acids is 1. The third-order valence-corrected chi connectivity index (χ3v) is 6.36. The summed E-state index contributed by atoms with van der Waals surface area (Å²) in [7, 11) is 0. The van der Waals surface area contributed by atoms with Crippen molar-refractivity contribution >= 4 is 5.78 Å². The number of fused-ring (bicyclic) bond motifs is 1. The Morgan fingerprint density at radius 3 is 2.57 bits per heavy atom. The number of aliphatic hydroxyl groups excluding tert-OH is 3. The highest BCUT2D eigenvalue weighted by Crippen LogP contribution is 2.44. The lowest BCUT2D eigenvalue weighted by atomic mass is 9.67. The van der Waals surface area contributed by atoms with Gasteiger partial charge in [-0.15, -0.1) is 5.73 Å². The van der Waals surface area contributed by atoms with E-state index in [0.717, 1.165) is 33.4 Å². The quantitative estimate of drug-likeness (QED) is 0.629. The van der Waals surface area contributed by atoms with Crippen molar-refractivity contribution in [2.45, 2.75) is 58.2 Å². The summed E-state index contributed by atoms with van der Waals surface area (Å²) in [4.78, 5) is 13.5. The van der Waals surface area contributed by atoms with Crippen LogP contribution in [0.25, 0.3) is 0 Å². The Labute approximate surface area is 178 Å². The number of ketones is 1. The summed E-state index contributed by atoms with van der Waals surface area (Å²) in [5.74, 6) is 0.0202. The van der Waals surface area contributed by atoms with E-state index in [1.165, 1.54) is 0 Å². The van der Waals surface area contributed by atoms with E-state index in [1.54, 1.807) is 0 Å². The van der Waals surface area contributed by atoms with Crippen LogP contribution < -0.4 is 0 Å². The Balaban J connectivity index is 2.00. The molecule has 2 aliphatic carbocycles. The number of benzene rings is 1. The van der Waals surface area contributed by atoms with Crippen LogP contribution in [0.15, 0.2) is 70.5 Å². The molecule has 0 saturated heterocycles. The van der Waals surface area contributed by atoms with Gasteiger partial charge < -0.3 is 15.3 Å². The Morgan fingerprint density at radius 2 is 1.87 bits per heavy atom. The van der Waals surface area contributed by atoms with Crippen LogP contribution in [-0.4, -0.2) is 39.9 Å². The fourth-order valence-electron chi connectivity index (χ4n) is 4.09. The normalized spacial score (nSPS) is 19.8. The fraction of sp³-hybridized carbons (Fsp3) is 0.385. The van der Waals surface area contributed by atoms with Crippen LogP contribution in [0.5, 0.6) is 0 Å². The molecule has 0 spiro atoms. The molecule has 0 bridgehead atoms. The number of hydrogen-bond acceptors (Lipinski definition) is 4. The second-order valence-corrected chi connectivity index (χ2v) is 8.62. The molecule has 30 heavy (non-hydrogen) atoms. The van der Waals surface area contributed by atoms with Crippen LogP contribution in [0.1, 0.15) is 55.6 Å². The molecule has 0 amide bonds. The number of allylic oxidation sites excluding steroid dienone is 7. The Hall–Kier alpha value is -2.49. The molecule has 0 fully saturated rings. The van der Waals surface area contributed by atoms with Crippen molar-refractivity contribution in [3.05, 3.63) is 87.2 Å². The van der Waals surface area contributed by atoms with E-state index in [2.05, 4.69) is 19.6 Å². The number of hydrogen-bond donors (Lipinski definition) is 3. The predicted octanol–water partition coefficient (Wildman–Crippen LogP) is 3.72. The average Bonchev–Trinajstić information content (AvgIpc) is 2.94. The second-order valence-electron chi connectivity index (χ2n) is 8.62. The molecule has 0 radical (unpaired) electrons. The monoisotopic (exact) mass is 406 g/mol. The number of rotatable bonds is 6. The van der Waals surface area contributed by atoms with Gasteiger partial charge in [-0.1, -0.05) is 49.8 Å². The standard InChI is InChI=1S/C26H30O4/c1-16-8-6-5-7-9-19(16)24-17(2)26(3,4)21-14-18(10-12-20(21)25(24)30)11-13-22(28)23(29)15-27/h5-6,8-10,12,14,22-23,27-29H,11,13,15H2,1-4H3. The van der Waals surface area contributed by atoms with Gasteiger partial charge in [-0.2, -0.15) is 0 Å². The first kappa shape index (κ1) is 22.2. The Kier molecular flexibility index (Phi) is 6.44. The molecule has 3 rings (SSSR count). The van der Waals surface area contributed by atoms with Crippen molar-refractivity contribution in [3.8, 4) is 0 Å². The van der Waals surface area contributed by atoms with E-state index in [-0.39, 0.29) is 11.2 Å². The molecule has 0 heterocycles. The maximum atomic E-state index is 13.5. The van der Waals surface area contributed by atoms with E-state index in [0.29, 0.717) is 18.4 Å². The predicted molar refractivity (Wildman–Crippen MR) is 118 cm³/mol. The Bertz CT molecular complexity index is 1010. The van der Waals surface area contributed by atoms with Gasteiger partial charge in [0.25, 0.3) is 0 Å². The molecule has 2 aliphatic rings. The minimum Gasteiger partial charge on any atom is -0.394 e. The van der Waals surface area contributed by atoms with Crippen molar-refractivity contribution in [1.29, 1.82) is 0 Å². The number of carbonyl (C=O) groups is 1. The van der Waals surface area contributed by atoms with Crippen LogP contribution >= 0.6 is 0 Å². The average molecular weight is 407 g/mol. The smallest absolute Gasteiger partial charge is 0.193 e. The van der Waals surface area contributed by atoms with Gasteiger partial charge in [0.05, 0.1) is 12.7 Å². The molecule has 1 aromatic carbocycles. The molecule has 2 unspecified atom stereocenters. The van der Waals surface area contributed by atoms with Crippen molar-refractivity contribution in [2.75, 3.05) is 6.61 Å². The summed E-state index contributed by atoms with van der Waals surface area (Å²) in [6.07, 6.45) is 6.42. The van der Waals surface area contributed by atoms with Crippen molar-refractivity contribution in [1.82, 2.24) is 0 Å². The maximum Gasteiger partial charge on any atom is 0.193 e. The number of aryl methyl sites for hydroxylation is 1. The molecule has 0 aliphatic heterocycles. The molecule has 3 N–H and O–H groups in total. The van der Waals surface area contributed by atoms with Gasteiger partial charge in [-0.3, -0.25) is 4.79 Å². The summed E-state index contributed by atoms with van der Waals surface area (Å²) in [5, 5.41) is 28.5. The van der Waals surface area contributed by atoms with Gasteiger partial charge >= 0.3 is 0 Å². The minimum atomic E-state index is -1.14. The SMILES string of the molecule is CC1=C(C2=C(C)C(C)(C)c3cc(CCC(O)C(O)CO)ccc3C2=O)C=C=CC=C1. The van der Waals surface area contributed by atoms with Crippen LogP contribution in [0.4, 0.5) is 0 Å². The first-order valence-electron chi connectivity index (χ1n) is 10.3.